The second-order valence-corrected chi connectivity index (χ2v) is 7.76. The number of piperidine rings is 1. The van der Waals surface area contributed by atoms with E-state index < -0.39 is 5.97 Å². The van der Waals surface area contributed by atoms with Crippen LogP contribution in [-0.4, -0.2) is 34.1 Å². The molecule has 5 atom stereocenters. The Hall–Kier alpha value is -0.570. The number of carboxylic acids is 1. The van der Waals surface area contributed by atoms with E-state index in [-0.39, 0.29) is 6.04 Å². The van der Waals surface area contributed by atoms with Crippen molar-refractivity contribution in [3.63, 3.8) is 0 Å². The lowest BCUT2D eigenvalue weighted by Crippen LogP contribution is -2.58. The van der Waals surface area contributed by atoms with Gasteiger partial charge in [0.2, 0.25) is 0 Å². The molecular formula is C18H31NO2. The Morgan fingerprint density at radius 1 is 0.905 bits per heavy atom. The van der Waals surface area contributed by atoms with Gasteiger partial charge >= 0.3 is 5.97 Å². The molecule has 2 aliphatic carbocycles. The summed E-state index contributed by atoms with van der Waals surface area (Å²) in [6, 6.07) is 0.886. The molecule has 3 rings (SSSR count). The smallest absolute Gasteiger partial charge is 0.320 e. The fraction of sp³-hybridized carbons (Fsp3) is 0.944. The van der Waals surface area contributed by atoms with Gasteiger partial charge in [-0.2, -0.15) is 0 Å². The summed E-state index contributed by atoms with van der Waals surface area (Å²) in [5.41, 5.74) is 0. The minimum absolute atomic E-state index is 0.206. The van der Waals surface area contributed by atoms with E-state index in [1.807, 2.05) is 0 Å². The summed E-state index contributed by atoms with van der Waals surface area (Å²) in [7, 11) is 0. The van der Waals surface area contributed by atoms with Crippen LogP contribution in [0.25, 0.3) is 0 Å². The van der Waals surface area contributed by atoms with E-state index in [0.29, 0.717) is 12.1 Å². The van der Waals surface area contributed by atoms with Gasteiger partial charge in [0.05, 0.1) is 0 Å². The zero-order valence-corrected chi connectivity index (χ0v) is 13.5. The van der Waals surface area contributed by atoms with Crippen molar-refractivity contribution in [2.24, 2.45) is 11.8 Å². The normalized spacial score (nSPS) is 42.0. The molecule has 1 heterocycles. The van der Waals surface area contributed by atoms with Gasteiger partial charge in [0.15, 0.2) is 0 Å². The summed E-state index contributed by atoms with van der Waals surface area (Å²) in [5, 5.41) is 9.71. The first kappa shape index (κ1) is 15.3. The third-order valence-corrected chi connectivity index (χ3v) is 6.36. The van der Waals surface area contributed by atoms with Crippen LogP contribution >= 0.6 is 0 Å². The number of aliphatic carboxylic acids is 1. The Labute approximate surface area is 129 Å². The van der Waals surface area contributed by atoms with Gasteiger partial charge in [-0.1, -0.05) is 32.6 Å². The Balaban J connectivity index is 1.79. The maximum atomic E-state index is 11.8. The number of hydrogen-bond acceptors (Lipinski definition) is 2. The van der Waals surface area contributed by atoms with Crippen LogP contribution in [0.1, 0.15) is 77.6 Å². The lowest BCUT2D eigenvalue weighted by Gasteiger charge is -2.50. The predicted molar refractivity (Wildman–Crippen MR) is 84.3 cm³/mol. The number of rotatable bonds is 2. The Kier molecular flexibility index (Phi) is 4.88. The summed E-state index contributed by atoms with van der Waals surface area (Å²) >= 11 is 0. The topological polar surface area (TPSA) is 40.5 Å². The fourth-order valence-corrected chi connectivity index (χ4v) is 5.21. The van der Waals surface area contributed by atoms with Crippen molar-refractivity contribution < 1.29 is 9.90 Å². The Bertz CT molecular complexity index is 370. The third kappa shape index (κ3) is 3.28. The average Bonchev–Trinajstić information content (AvgIpc) is 2.70. The van der Waals surface area contributed by atoms with Crippen LogP contribution in [0, 0.1) is 11.8 Å². The summed E-state index contributed by atoms with van der Waals surface area (Å²) in [4.78, 5) is 14.3. The highest BCUT2D eigenvalue weighted by Crippen LogP contribution is 2.41. The molecule has 1 aliphatic heterocycles. The highest BCUT2D eigenvalue weighted by atomic mass is 16.4. The number of nitrogens with zero attached hydrogens (tertiary/aromatic N) is 1. The van der Waals surface area contributed by atoms with Crippen molar-refractivity contribution in [3.05, 3.63) is 0 Å². The molecule has 0 aromatic rings. The molecular weight excluding hydrogens is 262 g/mol. The standard InChI is InChI=1S/C18H31NO2/c1-13-5-4-7-15(11-9-13)19-16-8-3-2-6-14(16)10-12-17(19)18(20)21/h13-17H,2-12H2,1H3,(H,20,21). The van der Waals surface area contributed by atoms with Gasteiger partial charge in [-0.05, 0) is 56.8 Å². The zero-order valence-electron chi connectivity index (χ0n) is 13.5. The van der Waals surface area contributed by atoms with Crippen molar-refractivity contribution in [2.45, 2.75) is 95.7 Å². The Morgan fingerprint density at radius 3 is 2.52 bits per heavy atom. The van der Waals surface area contributed by atoms with Gasteiger partial charge in [-0.15, -0.1) is 0 Å². The van der Waals surface area contributed by atoms with Crippen LogP contribution < -0.4 is 0 Å². The summed E-state index contributed by atoms with van der Waals surface area (Å²) in [5.74, 6) is 1.02. The summed E-state index contributed by atoms with van der Waals surface area (Å²) < 4.78 is 0. The van der Waals surface area contributed by atoms with Gasteiger partial charge in [0, 0.05) is 12.1 Å². The summed E-state index contributed by atoms with van der Waals surface area (Å²) in [6.07, 6.45) is 13.6. The third-order valence-electron chi connectivity index (χ3n) is 6.36. The molecule has 0 aromatic heterocycles. The highest BCUT2D eigenvalue weighted by molar-refractivity contribution is 5.73. The van der Waals surface area contributed by atoms with Crippen LogP contribution in [0.4, 0.5) is 0 Å². The van der Waals surface area contributed by atoms with Gasteiger partial charge in [-0.25, -0.2) is 0 Å². The molecule has 3 nitrogen and oxygen atoms in total. The number of fused-ring (bicyclic) bond motifs is 1. The fourth-order valence-electron chi connectivity index (χ4n) is 5.21. The van der Waals surface area contributed by atoms with Crippen molar-refractivity contribution in [1.82, 2.24) is 4.90 Å². The molecule has 0 spiro atoms. The van der Waals surface area contributed by atoms with E-state index in [0.717, 1.165) is 24.7 Å². The van der Waals surface area contributed by atoms with E-state index in [9.17, 15) is 9.90 Å². The lowest BCUT2D eigenvalue weighted by molar-refractivity contribution is -0.150. The van der Waals surface area contributed by atoms with Crippen LogP contribution in [0.2, 0.25) is 0 Å². The van der Waals surface area contributed by atoms with Gasteiger partial charge in [0.1, 0.15) is 6.04 Å². The first-order valence-electron chi connectivity index (χ1n) is 9.17. The molecule has 2 saturated carbocycles. The van der Waals surface area contributed by atoms with Gasteiger partial charge in [0.25, 0.3) is 0 Å². The molecule has 3 heteroatoms. The number of hydrogen-bond donors (Lipinski definition) is 1. The minimum Gasteiger partial charge on any atom is -0.480 e. The first-order valence-corrected chi connectivity index (χ1v) is 9.17. The summed E-state index contributed by atoms with van der Waals surface area (Å²) in [6.45, 7) is 2.36. The average molecular weight is 293 g/mol. The largest absolute Gasteiger partial charge is 0.480 e. The van der Waals surface area contributed by atoms with Crippen molar-refractivity contribution in [1.29, 1.82) is 0 Å². The molecule has 0 radical (unpaired) electrons. The molecule has 1 N–H and O–H groups in total. The number of carboxylic acid groups (broad SMARTS) is 1. The van der Waals surface area contributed by atoms with Crippen molar-refractivity contribution >= 4 is 5.97 Å². The number of carbonyl (C=O) groups is 1. The maximum absolute atomic E-state index is 11.8. The molecule has 3 fully saturated rings. The first-order chi connectivity index (χ1) is 10.2. The van der Waals surface area contributed by atoms with E-state index in [1.54, 1.807) is 0 Å². The minimum atomic E-state index is -0.573. The molecule has 0 bridgehead atoms. The maximum Gasteiger partial charge on any atom is 0.320 e. The molecule has 120 valence electrons. The second-order valence-electron chi connectivity index (χ2n) is 7.76. The van der Waals surface area contributed by atoms with E-state index in [1.165, 1.54) is 57.8 Å². The van der Waals surface area contributed by atoms with Crippen LogP contribution in [0.5, 0.6) is 0 Å². The predicted octanol–water partition coefficient (Wildman–Crippen LogP) is 4.06. The number of likely N-dealkylation sites (tertiary alicyclic amines) is 1. The molecule has 3 aliphatic rings. The molecule has 1 saturated heterocycles. The van der Waals surface area contributed by atoms with E-state index >= 15 is 0 Å². The lowest BCUT2D eigenvalue weighted by atomic mass is 9.75. The molecule has 0 amide bonds. The monoisotopic (exact) mass is 293 g/mol. The quantitative estimate of drug-likeness (QED) is 0.780. The van der Waals surface area contributed by atoms with Crippen LogP contribution in [0.15, 0.2) is 0 Å². The van der Waals surface area contributed by atoms with E-state index in [2.05, 4.69) is 11.8 Å². The second kappa shape index (κ2) is 6.68. The van der Waals surface area contributed by atoms with Gasteiger partial charge in [-0.3, -0.25) is 9.69 Å². The molecule has 5 unspecified atom stereocenters. The SMILES string of the molecule is CC1CCCC(N2C(C(=O)O)CCC3CCCCC32)CC1. The van der Waals surface area contributed by atoms with Crippen molar-refractivity contribution in [2.75, 3.05) is 0 Å². The van der Waals surface area contributed by atoms with E-state index in [4.69, 9.17) is 0 Å². The van der Waals surface area contributed by atoms with Crippen LogP contribution in [-0.2, 0) is 4.79 Å². The zero-order chi connectivity index (χ0) is 14.8. The molecule has 0 aromatic carbocycles. The van der Waals surface area contributed by atoms with Gasteiger partial charge < -0.3 is 5.11 Å². The highest BCUT2D eigenvalue weighted by Gasteiger charge is 2.44. The van der Waals surface area contributed by atoms with Crippen molar-refractivity contribution in [3.8, 4) is 0 Å². The molecule has 21 heavy (non-hydrogen) atoms. The van der Waals surface area contributed by atoms with Crippen LogP contribution in [0.3, 0.4) is 0 Å². The Morgan fingerprint density at radius 2 is 1.71 bits per heavy atom.